The Bertz CT molecular complexity index is 1950. The molecule has 7 nitrogen and oxygen atoms in total. The minimum absolute atomic E-state index is 0.0465. The monoisotopic (exact) mass is 601 g/mol. The van der Waals surface area contributed by atoms with Crippen LogP contribution in [-0.4, -0.2) is 27.6 Å². The van der Waals surface area contributed by atoms with Crippen molar-refractivity contribution >= 4 is 32.6 Å². The molecule has 1 fully saturated rings. The molecule has 0 saturated heterocycles. The fourth-order valence-electron chi connectivity index (χ4n) is 5.42. The summed E-state index contributed by atoms with van der Waals surface area (Å²) in [5.41, 5.74) is 2.84. The lowest BCUT2D eigenvalue weighted by atomic mass is 9.97. The van der Waals surface area contributed by atoms with Crippen LogP contribution in [0.5, 0.6) is 0 Å². The third kappa shape index (κ3) is 5.76. The van der Waals surface area contributed by atoms with Crippen molar-refractivity contribution in [2.24, 2.45) is 0 Å². The summed E-state index contributed by atoms with van der Waals surface area (Å²) in [7, 11) is -2.02. The maximum absolute atomic E-state index is 15.5. The van der Waals surface area contributed by atoms with Crippen molar-refractivity contribution in [3.8, 4) is 22.5 Å². The lowest BCUT2D eigenvalue weighted by Gasteiger charge is -2.19. The average molecular weight is 602 g/mol. The van der Waals surface area contributed by atoms with E-state index < -0.39 is 27.2 Å². The molecule has 4 aromatic carbocycles. The Morgan fingerprint density at radius 3 is 2.30 bits per heavy atom. The van der Waals surface area contributed by atoms with Crippen molar-refractivity contribution in [3.05, 3.63) is 113 Å². The number of rotatable bonds is 9. The van der Waals surface area contributed by atoms with Crippen LogP contribution in [0.1, 0.15) is 34.3 Å². The van der Waals surface area contributed by atoms with Crippen LogP contribution >= 0.6 is 0 Å². The highest BCUT2D eigenvalue weighted by atomic mass is 32.2. The number of carbonyl (C=O) groups is 1. The minimum atomic E-state index is -3.78. The van der Waals surface area contributed by atoms with Crippen LogP contribution in [0.15, 0.2) is 89.3 Å². The van der Waals surface area contributed by atoms with Crippen LogP contribution in [0.4, 0.5) is 14.5 Å². The number of furan rings is 1. The molecular weight excluding hydrogens is 572 g/mol. The second-order valence-corrected chi connectivity index (χ2v) is 12.6. The summed E-state index contributed by atoms with van der Waals surface area (Å²) >= 11 is 0. The van der Waals surface area contributed by atoms with Gasteiger partial charge in [0.1, 0.15) is 23.0 Å². The van der Waals surface area contributed by atoms with Crippen molar-refractivity contribution in [3.63, 3.8) is 0 Å². The molecule has 43 heavy (non-hydrogen) atoms. The Balaban J connectivity index is 1.47. The summed E-state index contributed by atoms with van der Waals surface area (Å²) in [5, 5.41) is 6.82. The van der Waals surface area contributed by atoms with Gasteiger partial charge in [-0.25, -0.2) is 17.2 Å². The van der Waals surface area contributed by atoms with Crippen LogP contribution in [0.25, 0.3) is 33.4 Å². The number of carbonyl (C=O) groups excluding carboxylic acids is 1. The van der Waals surface area contributed by atoms with Gasteiger partial charge in [0.2, 0.25) is 10.0 Å². The van der Waals surface area contributed by atoms with Crippen molar-refractivity contribution in [1.29, 1.82) is 0 Å². The maximum Gasteiger partial charge on any atom is 0.251 e. The molecule has 0 unspecified atom stereocenters. The van der Waals surface area contributed by atoms with Gasteiger partial charge >= 0.3 is 0 Å². The molecule has 5 aromatic rings. The highest BCUT2D eigenvalue weighted by Gasteiger charge is 2.45. The Hall–Kier alpha value is -4.54. The van der Waals surface area contributed by atoms with Crippen molar-refractivity contribution in [2.45, 2.75) is 24.9 Å². The number of sulfonamides is 1. The first kappa shape index (κ1) is 28.6. The number of hydrogen-bond acceptors (Lipinski definition) is 5. The quantitative estimate of drug-likeness (QED) is 0.178. The van der Waals surface area contributed by atoms with Gasteiger partial charge in [-0.2, -0.15) is 0 Å². The summed E-state index contributed by atoms with van der Waals surface area (Å²) in [5.74, 6) is -0.920. The zero-order valence-corrected chi connectivity index (χ0v) is 24.3. The largest absolute Gasteiger partial charge is 0.456 e. The molecule has 1 heterocycles. The number of nitrogens with one attached hydrogen (secondary N) is 3. The third-order valence-electron chi connectivity index (χ3n) is 7.63. The Kier molecular flexibility index (Phi) is 7.27. The van der Waals surface area contributed by atoms with Crippen molar-refractivity contribution in [1.82, 2.24) is 10.6 Å². The van der Waals surface area contributed by atoms with Crippen LogP contribution in [-0.2, 0) is 22.1 Å². The van der Waals surface area contributed by atoms with E-state index in [1.165, 1.54) is 36.4 Å². The zero-order chi connectivity index (χ0) is 30.4. The van der Waals surface area contributed by atoms with E-state index in [4.69, 9.17) is 4.42 Å². The van der Waals surface area contributed by atoms with Crippen LogP contribution < -0.4 is 15.4 Å². The molecule has 1 aliphatic rings. The van der Waals surface area contributed by atoms with Gasteiger partial charge in [-0.1, -0.05) is 30.3 Å². The number of anilines is 1. The van der Waals surface area contributed by atoms with E-state index in [1.54, 1.807) is 25.2 Å². The lowest BCUT2D eigenvalue weighted by molar-refractivity contribution is 0.0930. The van der Waals surface area contributed by atoms with E-state index in [1.807, 2.05) is 30.3 Å². The minimum Gasteiger partial charge on any atom is -0.456 e. The smallest absolute Gasteiger partial charge is 0.251 e. The highest BCUT2D eigenvalue weighted by Crippen LogP contribution is 2.46. The molecule has 1 aliphatic carbocycles. The predicted octanol–water partition coefficient (Wildman–Crippen LogP) is 6.56. The fourth-order valence-corrected chi connectivity index (χ4v) is 5.99. The molecule has 0 bridgehead atoms. The highest BCUT2D eigenvalue weighted by molar-refractivity contribution is 7.92. The van der Waals surface area contributed by atoms with Crippen molar-refractivity contribution in [2.75, 3.05) is 18.0 Å². The zero-order valence-electron chi connectivity index (χ0n) is 23.5. The van der Waals surface area contributed by atoms with Gasteiger partial charge in [0.15, 0.2) is 0 Å². The first-order valence-corrected chi connectivity index (χ1v) is 15.6. The molecule has 1 saturated carbocycles. The van der Waals surface area contributed by atoms with E-state index in [2.05, 4.69) is 15.4 Å². The van der Waals surface area contributed by atoms with Gasteiger partial charge in [-0.05, 0) is 74.0 Å². The number of halogens is 2. The van der Waals surface area contributed by atoms with E-state index in [0.29, 0.717) is 28.8 Å². The number of fused-ring (bicyclic) bond motifs is 1. The van der Waals surface area contributed by atoms with E-state index in [0.717, 1.165) is 30.2 Å². The number of amides is 1. The van der Waals surface area contributed by atoms with E-state index >= 15 is 4.39 Å². The summed E-state index contributed by atoms with van der Waals surface area (Å²) < 4.78 is 62.5. The summed E-state index contributed by atoms with van der Waals surface area (Å²) in [6.45, 7) is 0.366. The van der Waals surface area contributed by atoms with Gasteiger partial charge in [-0.3, -0.25) is 9.52 Å². The Labute approximate surface area is 248 Å². The second kappa shape index (κ2) is 10.9. The van der Waals surface area contributed by atoms with E-state index in [9.17, 15) is 17.6 Å². The molecule has 0 atom stereocenters. The third-order valence-corrected chi connectivity index (χ3v) is 8.22. The van der Waals surface area contributed by atoms with Crippen LogP contribution in [0.3, 0.4) is 0 Å². The van der Waals surface area contributed by atoms with Gasteiger partial charge < -0.3 is 15.1 Å². The second-order valence-electron chi connectivity index (χ2n) is 10.8. The summed E-state index contributed by atoms with van der Waals surface area (Å²) in [6.07, 6.45) is 2.58. The SMILES string of the molecule is CNCc1c(-c2ccc(F)cc2)oc2cc(NS(C)(=O)=O)c(-c3cc(C(=O)NC4(c5ccccc5)CC4)ccc3F)cc12. The van der Waals surface area contributed by atoms with Gasteiger partial charge in [0.05, 0.1) is 17.5 Å². The van der Waals surface area contributed by atoms with Crippen LogP contribution in [0, 0.1) is 11.6 Å². The normalized spacial score (nSPS) is 14.0. The van der Waals surface area contributed by atoms with Gasteiger partial charge in [-0.15, -0.1) is 0 Å². The molecule has 0 radical (unpaired) electrons. The standard InChI is InChI=1S/C33H29F2N3O4S/c1-36-19-27-26-17-25(29(38-43(2,40)41)18-30(26)42-31(27)20-8-11-23(34)12-9-20)24-16-21(10-13-28(24)35)32(39)37-33(14-15-33)22-6-4-3-5-7-22/h3-13,16-18,36,38H,14-15,19H2,1-2H3,(H,37,39). The maximum atomic E-state index is 15.5. The molecule has 6 rings (SSSR count). The lowest BCUT2D eigenvalue weighted by Crippen LogP contribution is -2.34. The fraction of sp³-hybridized carbons (Fsp3) is 0.182. The average Bonchev–Trinajstić information content (AvgIpc) is 3.68. The molecule has 3 N–H and O–H groups in total. The first-order chi connectivity index (χ1) is 20.6. The van der Waals surface area contributed by atoms with Gasteiger partial charge in [0, 0.05) is 45.8 Å². The van der Waals surface area contributed by atoms with E-state index in [-0.39, 0.29) is 28.3 Å². The molecular formula is C33H29F2N3O4S. The molecule has 10 heteroatoms. The number of benzene rings is 4. The Morgan fingerprint density at radius 2 is 1.65 bits per heavy atom. The Morgan fingerprint density at radius 1 is 0.930 bits per heavy atom. The van der Waals surface area contributed by atoms with Crippen LogP contribution in [0.2, 0.25) is 0 Å². The number of hydrogen-bond donors (Lipinski definition) is 3. The van der Waals surface area contributed by atoms with Gasteiger partial charge in [0.25, 0.3) is 5.91 Å². The molecule has 220 valence electrons. The summed E-state index contributed by atoms with van der Waals surface area (Å²) in [6, 6.07) is 22.7. The molecule has 1 amide bonds. The topological polar surface area (TPSA) is 100 Å². The predicted molar refractivity (Wildman–Crippen MR) is 163 cm³/mol. The molecule has 0 aliphatic heterocycles. The molecule has 1 aromatic heterocycles. The summed E-state index contributed by atoms with van der Waals surface area (Å²) in [4.78, 5) is 13.4. The molecule has 0 spiro atoms. The first-order valence-electron chi connectivity index (χ1n) is 13.7. The van der Waals surface area contributed by atoms with Crippen molar-refractivity contribution < 1.29 is 26.4 Å².